The fraction of sp³-hybridized carbons (Fsp3) is 0.250. The molecule has 0 unspecified atom stereocenters. The summed E-state index contributed by atoms with van der Waals surface area (Å²) >= 11 is 0. The van der Waals surface area contributed by atoms with Crippen molar-refractivity contribution in [3.8, 4) is 5.75 Å². The van der Waals surface area contributed by atoms with Crippen LogP contribution in [0.2, 0.25) is 0 Å². The zero-order valence-electron chi connectivity index (χ0n) is 7.94. The van der Waals surface area contributed by atoms with E-state index in [9.17, 15) is 8.42 Å². The number of hydrazine groups is 1. The Labute approximate surface area is 82.8 Å². The Hall–Kier alpha value is -1.27. The van der Waals surface area contributed by atoms with E-state index in [1.165, 1.54) is 19.2 Å². The molecule has 14 heavy (non-hydrogen) atoms. The van der Waals surface area contributed by atoms with Gasteiger partial charge in [-0.3, -0.25) is 5.84 Å². The molecule has 0 aliphatic carbocycles. The van der Waals surface area contributed by atoms with Crippen LogP contribution in [-0.4, -0.2) is 21.8 Å². The third kappa shape index (κ3) is 2.15. The first kappa shape index (κ1) is 10.8. The standard InChI is InChI=1S/C8H12N2O3S/c1-13-8-4-3-6(14(2,11)12)5-7(8)10-9/h3-5,10H,9H2,1-2H3. The number of nitrogens with one attached hydrogen (secondary N) is 1. The van der Waals surface area contributed by atoms with Crippen LogP contribution in [0.15, 0.2) is 23.1 Å². The Bertz CT molecular complexity index is 428. The third-order valence-corrected chi connectivity index (χ3v) is 2.86. The molecule has 5 nitrogen and oxygen atoms in total. The van der Waals surface area contributed by atoms with Crippen molar-refractivity contribution in [1.82, 2.24) is 0 Å². The van der Waals surface area contributed by atoms with E-state index in [2.05, 4.69) is 5.43 Å². The SMILES string of the molecule is COc1ccc(S(C)(=O)=O)cc1NN. The average Bonchev–Trinajstić information content (AvgIpc) is 2.15. The summed E-state index contributed by atoms with van der Waals surface area (Å²) in [6.07, 6.45) is 1.13. The average molecular weight is 216 g/mol. The van der Waals surface area contributed by atoms with Gasteiger partial charge in [-0.25, -0.2) is 8.42 Å². The van der Waals surface area contributed by atoms with Crippen LogP contribution in [-0.2, 0) is 9.84 Å². The highest BCUT2D eigenvalue weighted by Crippen LogP contribution is 2.26. The van der Waals surface area contributed by atoms with Crippen molar-refractivity contribution in [2.75, 3.05) is 18.8 Å². The van der Waals surface area contributed by atoms with Crippen LogP contribution >= 0.6 is 0 Å². The van der Waals surface area contributed by atoms with Gasteiger partial charge >= 0.3 is 0 Å². The lowest BCUT2D eigenvalue weighted by molar-refractivity contribution is 0.416. The van der Waals surface area contributed by atoms with E-state index in [1.54, 1.807) is 6.07 Å². The molecule has 0 aliphatic heterocycles. The summed E-state index contributed by atoms with van der Waals surface area (Å²) in [5.74, 6) is 5.71. The van der Waals surface area contributed by atoms with Crippen LogP contribution in [0.1, 0.15) is 0 Å². The summed E-state index contributed by atoms with van der Waals surface area (Å²) in [7, 11) is -1.73. The zero-order valence-corrected chi connectivity index (χ0v) is 8.76. The Morgan fingerprint density at radius 1 is 1.43 bits per heavy atom. The Balaban J connectivity index is 3.28. The minimum Gasteiger partial charge on any atom is -0.495 e. The number of nitrogen functional groups attached to an aromatic ring is 1. The van der Waals surface area contributed by atoms with Crippen molar-refractivity contribution < 1.29 is 13.2 Å². The third-order valence-electron chi connectivity index (χ3n) is 1.75. The summed E-state index contributed by atoms with van der Waals surface area (Å²) in [4.78, 5) is 0.200. The number of benzene rings is 1. The summed E-state index contributed by atoms with van der Waals surface area (Å²) in [5.41, 5.74) is 2.81. The molecule has 0 saturated heterocycles. The molecule has 0 radical (unpaired) electrons. The molecule has 78 valence electrons. The number of sulfone groups is 1. The van der Waals surface area contributed by atoms with Gasteiger partial charge in [0.1, 0.15) is 5.75 Å². The lowest BCUT2D eigenvalue weighted by Gasteiger charge is -2.08. The predicted molar refractivity (Wildman–Crippen MR) is 53.9 cm³/mol. The molecule has 1 aromatic rings. The van der Waals surface area contributed by atoms with Crippen molar-refractivity contribution in [3.63, 3.8) is 0 Å². The quantitative estimate of drug-likeness (QED) is 0.564. The zero-order chi connectivity index (χ0) is 10.8. The molecule has 0 saturated carbocycles. The largest absolute Gasteiger partial charge is 0.495 e. The van der Waals surface area contributed by atoms with Crippen LogP contribution in [0.5, 0.6) is 5.75 Å². The molecule has 0 heterocycles. The summed E-state index contributed by atoms with van der Waals surface area (Å²) < 4.78 is 27.3. The number of hydrogen-bond acceptors (Lipinski definition) is 5. The predicted octanol–water partition coefficient (Wildman–Crippen LogP) is 0.384. The molecular formula is C8H12N2O3S. The van der Waals surface area contributed by atoms with Gasteiger partial charge in [-0.2, -0.15) is 0 Å². The van der Waals surface area contributed by atoms with E-state index in [4.69, 9.17) is 10.6 Å². The number of anilines is 1. The van der Waals surface area contributed by atoms with E-state index in [-0.39, 0.29) is 4.90 Å². The Morgan fingerprint density at radius 2 is 2.07 bits per heavy atom. The fourth-order valence-electron chi connectivity index (χ4n) is 1.03. The Kier molecular flexibility index (Phi) is 2.97. The van der Waals surface area contributed by atoms with Crippen LogP contribution in [0.25, 0.3) is 0 Å². The summed E-state index contributed by atoms with van der Waals surface area (Å²) in [6, 6.07) is 4.44. The summed E-state index contributed by atoms with van der Waals surface area (Å²) in [6.45, 7) is 0. The van der Waals surface area contributed by atoms with Gasteiger partial charge < -0.3 is 10.2 Å². The van der Waals surface area contributed by atoms with Gasteiger partial charge in [0.25, 0.3) is 0 Å². The maximum Gasteiger partial charge on any atom is 0.175 e. The highest BCUT2D eigenvalue weighted by Gasteiger charge is 2.10. The van der Waals surface area contributed by atoms with Gasteiger partial charge in [0.2, 0.25) is 0 Å². The molecule has 0 spiro atoms. The molecule has 0 bridgehead atoms. The monoisotopic (exact) mass is 216 g/mol. The smallest absolute Gasteiger partial charge is 0.175 e. The highest BCUT2D eigenvalue weighted by atomic mass is 32.2. The molecule has 0 fully saturated rings. The maximum absolute atomic E-state index is 11.2. The van der Waals surface area contributed by atoms with Gasteiger partial charge in [-0.15, -0.1) is 0 Å². The molecule has 6 heteroatoms. The molecule has 0 amide bonds. The fourth-order valence-corrected chi connectivity index (χ4v) is 1.68. The lowest BCUT2D eigenvalue weighted by atomic mass is 10.3. The van der Waals surface area contributed by atoms with E-state index < -0.39 is 9.84 Å². The second kappa shape index (κ2) is 3.85. The number of nitrogens with two attached hydrogens (primary N) is 1. The van der Waals surface area contributed by atoms with Crippen molar-refractivity contribution >= 4 is 15.5 Å². The van der Waals surface area contributed by atoms with Gasteiger partial charge in [-0.05, 0) is 18.2 Å². The molecule has 0 aliphatic rings. The number of hydrogen-bond donors (Lipinski definition) is 2. The minimum absolute atomic E-state index is 0.200. The van der Waals surface area contributed by atoms with E-state index in [1.807, 2.05) is 0 Å². The molecule has 1 aromatic carbocycles. The van der Waals surface area contributed by atoms with Crippen LogP contribution < -0.4 is 16.0 Å². The van der Waals surface area contributed by atoms with Crippen molar-refractivity contribution in [2.45, 2.75) is 4.90 Å². The molecule has 3 N–H and O–H groups in total. The van der Waals surface area contributed by atoms with E-state index >= 15 is 0 Å². The van der Waals surface area contributed by atoms with Crippen molar-refractivity contribution in [1.29, 1.82) is 0 Å². The number of rotatable bonds is 3. The van der Waals surface area contributed by atoms with Crippen LogP contribution in [0.4, 0.5) is 5.69 Å². The topological polar surface area (TPSA) is 81.4 Å². The first-order valence-electron chi connectivity index (χ1n) is 3.83. The van der Waals surface area contributed by atoms with Crippen molar-refractivity contribution in [3.05, 3.63) is 18.2 Å². The minimum atomic E-state index is -3.21. The normalized spacial score (nSPS) is 11.1. The van der Waals surface area contributed by atoms with E-state index in [0.29, 0.717) is 11.4 Å². The maximum atomic E-state index is 11.2. The number of ether oxygens (including phenoxy) is 1. The van der Waals surface area contributed by atoms with Gasteiger partial charge in [0, 0.05) is 6.26 Å². The van der Waals surface area contributed by atoms with Gasteiger partial charge in [-0.1, -0.05) is 0 Å². The second-order valence-corrected chi connectivity index (χ2v) is 4.79. The van der Waals surface area contributed by atoms with Crippen molar-refractivity contribution in [2.24, 2.45) is 5.84 Å². The number of methoxy groups -OCH3 is 1. The second-order valence-electron chi connectivity index (χ2n) is 2.78. The van der Waals surface area contributed by atoms with Gasteiger partial charge in [0.15, 0.2) is 9.84 Å². The first-order valence-corrected chi connectivity index (χ1v) is 5.73. The molecule has 0 aromatic heterocycles. The first-order chi connectivity index (χ1) is 6.49. The summed E-state index contributed by atoms with van der Waals surface area (Å²) in [5, 5.41) is 0. The van der Waals surface area contributed by atoms with Gasteiger partial charge in [0.05, 0.1) is 17.7 Å². The van der Waals surface area contributed by atoms with E-state index in [0.717, 1.165) is 6.26 Å². The molecular weight excluding hydrogens is 204 g/mol. The molecule has 0 atom stereocenters. The Morgan fingerprint density at radius 3 is 2.50 bits per heavy atom. The van der Waals surface area contributed by atoms with Crippen LogP contribution in [0.3, 0.4) is 0 Å². The molecule has 1 rings (SSSR count). The van der Waals surface area contributed by atoms with Crippen LogP contribution in [0, 0.1) is 0 Å². The highest BCUT2D eigenvalue weighted by molar-refractivity contribution is 7.90. The lowest BCUT2D eigenvalue weighted by Crippen LogP contribution is -2.09.